The Morgan fingerprint density at radius 3 is 2.70 bits per heavy atom. The number of aliphatic hydroxyl groups excluding tert-OH is 1. The highest BCUT2D eigenvalue weighted by Crippen LogP contribution is 2.18. The van der Waals surface area contributed by atoms with Gasteiger partial charge in [-0.15, -0.1) is 0 Å². The van der Waals surface area contributed by atoms with Crippen LogP contribution in [0.25, 0.3) is 0 Å². The number of aromatic nitrogens is 1. The van der Waals surface area contributed by atoms with E-state index in [1.165, 1.54) is 16.7 Å². The van der Waals surface area contributed by atoms with Crippen molar-refractivity contribution in [2.24, 2.45) is 0 Å². The summed E-state index contributed by atoms with van der Waals surface area (Å²) in [6, 6.07) is 12.8. The van der Waals surface area contributed by atoms with Crippen molar-refractivity contribution in [3.63, 3.8) is 0 Å². The Kier molecular flexibility index (Phi) is 5.39. The second-order valence-corrected chi connectivity index (χ2v) is 6.32. The van der Waals surface area contributed by atoms with Crippen molar-refractivity contribution in [1.29, 1.82) is 0 Å². The highest BCUT2D eigenvalue weighted by molar-refractivity contribution is 5.29. The van der Waals surface area contributed by atoms with Crippen LogP contribution in [-0.2, 0) is 13.0 Å². The van der Waals surface area contributed by atoms with E-state index in [4.69, 9.17) is 0 Å². The van der Waals surface area contributed by atoms with Crippen LogP contribution in [0.15, 0.2) is 48.8 Å². The molecule has 0 bridgehead atoms. The maximum atomic E-state index is 10.3. The number of hydrogen-bond acceptors (Lipinski definition) is 4. The minimum Gasteiger partial charge on any atom is -0.390 e. The zero-order valence-electron chi connectivity index (χ0n) is 13.7. The van der Waals surface area contributed by atoms with Gasteiger partial charge in [-0.3, -0.25) is 9.88 Å². The second kappa shape index (κ2) is 7.68. The fourth-order valence-corrected chi connectivity index (χ4v) is 3.16. The normalized spacial score (nSPS) is 17.5. The molecule has 0 spiro atoms. The Bertz CT molecular complexity index is 617. The largest absolute Gasteiger partial charge is 0.390 e. The Labute approximate surface area is 138 Å². The summed E-state index contributed by atoms with van der Waals surface area (Å²) < 4.78 is 0. The summed E-state index contributed by atoms with van der Waals surface area (Å²) in [7, 11) is 0. The van der Waals surface area contributed by atoms with Gasteiger partial charge >= 0.3 is 0 Å². The van der Waals surface area contributed by atoms with E-state index >= 15 is 0 Å². The standard InChI is InChI=1S/C19H25N3O/c1-15(16-6-9-20-10-7-16)21-12-19(23)14-22-11-8-17-4-2-3-5-18(17)13-22/h2-7,9-10,15,19,21,23H,8,11-14H2,1H3. The molecular formula is C19H25N3O. The monoisotopic (exact) mass is 311 g/mol. The van der Waals surface area contributed by atoms with Gasteiger partial charge in [0.2, 0.25) is 0 Å². The van der Waals surface area contributed by atoms with Crippen LogP contribution in [-0.4, -0.2) is 40.7 Å². The van der Waals surface area contributed by atoms with Crippen molar-refractivity contribution in [1.82, 2.24) is 15.2 Å². The van der Waals surface area contributed by atoms with Crippen molar-refractivity contribution in [3.8, 4) is 0 Å². The van der Waals surface area contributed by atoms with Gasteiger partial charge in [-0.05, 0) is 42.2 Å². The van der Waals surface area contributed by atoms with Gasteiger partial charge in [0.1, 0.15) is 0 Å². The van der Waals surface area contributed by atoms with Gasteiger partial charge in [-0.25, -0.2) is 0 Å². The lowest BCUT2D eigenvalue weighted by Gasteiger charge is -2.30. The molecule has 2 aromatic rings. The Hall–Kier alpha value is -1.75. The lowest BCUT2D eigenvalue weighted by Crippen LogP contribution is -2.41. The van der Waals surface area contributed by atoms with E-state index in [1.807, 2.05) is 12.1 Å². The number of aliphatic hydroxyl groups is 1. The minimum atomic E-state index is -0.357. The molecule has 4 nitrogen and oxygen atoms in total. The Balaban J connectivity index is 1.46. The van der Waals surface area contributed by atoms with Crippen molar-refractivity contribution < 1.29 is 5.11 Å². The van der Waals surface area contributed by atoms with Crippen LogP contribution < -0.4 is 5.32 Å². The predicted octanol–water partition coefficient (Wildman–Crippen LogP) is 2.15. The van der Waals surface area contributed by atoms with Gasteiger partial charge in [-0.1, -0.05) is 24.3 Å². The third-order valence-corrected chi connectivity index (χ3v) is 4.54. The van der Waals surface area contributed by atoms with Crippen LogP contribution in [0.2, 0.25) is 0 Å². The molecule has 0 radical (unpaired) electrons. The van der Waals surface area contributed by atoms with Crippen molar-refractivity contribution in [2.75, 3.05) is 19.6 Å². The van der Waals surface area contributed by atoms with Gasteiger partial charge in [0, 0.05) is 44.6 Å². The summed E-state index contributed by atoms with van der Waals surface area (Å²) in [5.74, 6) is 0. The molecule has 1 aliphatic rings. The maximum absolute atomic E-state index is 10.3. The summed E-state index contributed by atoms with van der Waals surface area (Å²) >= 11 is 0. The van der Waals surface area contributed by atoms with Crippen LogP contribution in [0.1, 0.15) is 29.7 Å². The first-order valence-electron chi connectivity index (χ1n) is 8.33. The van der Waals surface area contributed by atoms with E-state index in [0.717, 1.165) is 19.5 Å². The molecule has 0 aliphatic carbocycles. The van der Waals surface area contributed by atoms with Gasteiger partial charge in [0.25, 0.3) is 0 Å². The highest BCUT2D eigenvalue weighted by Gasteiger charge is 2.18. The van der Waals surface area contributed by atoms with Crippen molar-refractivity contribution in [2.45, 2.75) is 32.0 Å². The van der Waals surface area contributed by atoms with E-state index in [9.17, 15) is 5.11 Å². The molecular weight excluding hydrogens is 286 g/mol. The summed E-state index contributed by atoms with van der Waals surface area (Å²) in [5, 5.41) is 13.7. The van der Waals surface area contributed by atoms with E-state index in [2.05, 4.69) is 46.4 Å². The Morgan fingerprint density at radius 1 is 1.17 bits per heavy atom. The SMILES string of the molecule is CC(NCC(O)CN1CCc2ccccc2C1)c1ccncc1. The molecule has 23 heavy (non-hydrogen) atoms. The van der Waals surface area contributed by atoms with Crippen LogP contribution in [0.4, 0.5) is 0 Å². The van der Waals surface area contributed by atoms with Crippen LogP contribution in [0, 0.1) is 0 Å². The number of β-amino-alcohol motifs (C(OH)–C–C–N with tert-alkyl or cyclic N) is 1. The first-order valence-corrected chi connectivity index (χ1v) is 8.33. The van der Waals surface area contributed by atoms with Crippen LogP contribution in [0.3, 0.4) is 0 Å². The fourth-order valence-electron chi connectivity index (χ4n) is 3.16. The zero-order chi connectivity index (χ0) is 16.1. The Morgan fingerprint density at radius 2 is 1.91 bits per heavy atom. The van der Waals surface area contributed by atoms with Gasteiger partial charge in [-0.2, -0.15) is 0 Å². The van der Waals surface area contributed by atoms with Gasteiger partial charge in [0.15, 0.2) is 0 Å². The first kappa shape index (κ1) is 16.1. The summed E-state index contributed by atoms with van der Waals surface area (Å²) in [6.07, 6.45) is 4.32. The van der Waals surface area contributed by atoms with Crippen molar-refractivity contribution >= 4 is 0 Å². The zero-order valence-corrected chi connectivity index (χ0v) is 13.7. The quantitative estimate of drug-likeness (QED) is 0.858. The first-order chi connectivity index (χ1) is 11.2. The molecule has 0 saturated carbocycles. The van der Waals surface area contributed by atoms with E-state index in [-0.39, 0.29) is 12.1 Å². The molecule has 4 heteroatoms. The molecule has 3 rings (SSSR count). The number of pyridine rings is 1. The summed E-state index contributed by atoms with van der Waals surface area (Å²) in [4.78, 5) is 6.37. The lowest BCUT2D eigenvalue weighted by molar-refractivity contribution is 0.102. The average Bonchev–Trinajstić information content (AvgIpc) is 2.60. The molecule has 0 saturated heterocycles. The topological polar surface area (TPSA) is 48.4 Å². The van der Waals surface area contributed by atoms with Gasteiger partial charge < -0.3 is 10.4 Å². The maximum Gasteiger partial charge on any atom is 0.0791 e. The third-order valence-electron chi connectivity index (χ3n) is 4.54. The lowest BCUT2D eigenvalue weighted by atomic mass is 10.00. The van der Waals surface area contributed by atoms with Gasteiger partial charge in [0.05, 0.1) is 6.10 Å². The molecule has 2 N–H and O–H groups in total. The highest BCUT2D eigenvalue weighted by atomic mass is 16.3. The number of rotatable bonds is 6. The molecule has 2 atom stereocenters. The van der Waals surface area contributed by atoms with E-state index < -0.39 is 0 Å². The fraction of sp³-hybridized carbons (Fsp3) is 0.421. The molecule has 1 aromatic carbocycles. The smallest absolute Gasteiger partial charge is 0.0791 e. The molecule has 122 valence electrons. The number of hydrogen-bond donors (Lipinski definition) is 2. The molecule has 0 amide bonds. The van der Waals surface area contributed by atoms with Crippen LogP contribution in [0.5, 0.6) is 0 Å². The van der Waals surface area contributed by atoms with Crippen LogP contribution >= 0.6 is 0 Å². The number of nitrogens with zero attached hydrogens (tertiary/aromatic N) is 2. The summed E-state index contributed by atoms with van der Waals surface area (Å²) in [5.41, 5.74) is 4.03. The van der Waals surface area contributed by atoms with E-state index in [1.54, 1.807) is 12.4 Å². The third kappa shape index (κ3) is 4.38. The molecule has 1 aliphatic heterocycles. The minimum absolute atomic E-state index is 0.217. The number of fused-ring (bicyclic) bond motifs is 1. The van der Waals surface area contributed by atoms with Crippen molar-refractivity contribution in [3.05, 3.63) is 65.5 Å². The molecule has 2 heterocycles. The summed E-state index contributed by atoms with van der Waals surface area (Å²) in [6.45, 7) is 5.38. The second-order valence-electron chi connectivity index (χ2n) is 6.32. The molecule has 0 fully saturated rings. The molecule has 2 unspecified atom stereocenters. The predicted molar refractivity (Wildman–Crippen MR) is 92.1 cm³/mol. The number of benzene rings is 1. The van der Waals surface area contributed by atoms with E-state index in [0.29, 0.717) is 13.1 Å². The average molecular weight is 311 g/mol. The number of nitrogens with one attached hydrogen (secondary N) is 1. The molecule has 1 aromatic heterocycles.